The third-order valence-electron chi connectivity index (χ3n) is 4.67. The number of nitrogens with zero attached hydrogens (tertiary/aromatic N) is 3. The monoisotopic (exact) mass is 418 g/mol. The highest BCUT2D eigenvalue weighted by Gasteiger charge is 2.15. The highest BCUT2D eigenvalue weighted by Crippen LogP contribution is 2.31. The quantitative estimate of drug-likeness (QED) is 0.387. The Morgan fingerprint density at radius 2 is 2.13 bits per heavy atom. The van der Waals surface area contributed by atoms with Gasteiger partial charge in [-0.2, -0.15) is 5.10 Å². The lowest BCUT2D eigenvalue weighted by Gasteiger charge is -2.07. The normalized spacial score (nSPS) is 11.1. The van der Waals surface area contributed by atoms with Crippen LogP contribution in [0.4, 0.5) is 5.69 Å². The highest BCUT2D eigenvalue weighted by atomic mass is 35.5. The van der Waals surface area contributed by atoms with Gasteiger partial charge in [-0.05, 0) is 48.9 Å². The number of nitrogens with one attached hydrogen (secondary N) is 3. The predicted octanol–water partition coefficient (Wildman–Crippen LogP) is 4.82. The molecule has 0 saturated heterocycles. The Balaban J connectivity index is 1.50. The first-order chi connectivity index (χ1) is 14.6. The van der Waals surface area contributed by atoms with Crippen molar-refractivity contribution in [2.24, 2.45) is 0 Å². The van der Waals surface area contributed by atoms with Crippen molar-refractivity contribution in [2.75, 3.05) is 5.32 Å². The number of aryl methyl sites for hydroxylation is 1. The van der Waals surface area contributed by atoms with Gasteiger partial charge in [0.25, 0.3) is 5.91 Å². The fourth-order valence-electron chi connectivity index (χ4n) is 3.18. The number of fused-ring (bicyclic) bond motifs is 1. The van der Waals surface area contributed by atoms with E-state index in [2.05, 4.69) is 30.5 Å². The Hall–Kier alpha value is -3.91. The highest BCUT2D eigenvalue weighted by molar-refractivity contribution is 6.33. The van der Waals surface area contributed by atoms with Gasteiger partial charge in [0, 0.05) is 29.2 Å². The summed E-state index contributed by atoms with van der Waals surface area (Å²) in [6.45, 7) is 1.98. The zero-order valence-electron chi connectivity index (χ0n) is 15.7. The number of carbonyl (C=O) groups is 1. The van der Waals surface area contributed by atoms with Crippen molar-refractivity contribution >= 4 is 34.4 Å². The summed E-state index contributed by atoms with van der Waals surface area (Å²) < 4.78 is 5.12. The molecule has 0 aliphatic carbocycles. The van der Waals surface area contributed by atoms with Crippen LogP contribution in [-0.2, 0) is 0 Å². The van der Waals surface area contributed by atoms with E-state index < -0.39 is 0 Å². The van der Waals surface area contributed by atoms with Crippen LogP contribution in [0.3, 0.4) is 0 Å². The molecule has 0 radical (unpaired) electrons. The molecule has 1 aromatic carbocycles. The van der Waals surface area contributed by atoms with Gasteiger partial charge < -0.3 is 14.7 Å². The topological polar surface area (TPSA) is 112 Å². The summed E-state index contributed by atoms with van der Waals surface area (Å²) in [7, 11) is 0. The van der Waals surface area contributed by atoms with Gasteiger partial charge in [-0.25, -0.2) is 9.97 Å². The fraction of sp³-hybridized carbons (Fsp3) is 0.0476. The van der Waals surface area contributed by atoms with E-state index in [1.54, 1.807) is 36.5 Å². The summed E-state index contributed by atoms with van der Waals surface area (Å²) in [5.41, 5.74) is 5.26. The lowest BCUT2D eigenvalue weighted by Crippen LogP contribution is -2.10. The molecule has 4 aromatic heterocycles. The molecule has 0 aliphatic heterocycles. The first kappa shape index (κ1) is 18.1. The maximum atomic E-state index is 12.2. The van der Waals surface area contributed by atoms with Gasteiger partial charge in [0.2, 0.25) is 0 Å². The number of benzene rings is 1. The van der Waals surface area contributed by atoms with E-state index in [4.69, 9.17) is 16.0 Å². The second kappa shape index (κ2) is 7.16. The average molecular weight is 419 g/mol. The van der Waals surface area contributed by atoms with Gasteiger partial charge in [0.05, 0.1) is 22.5 Å². The van der Waals surface area contributed by atoms with E-state index in [1.807, 2.05) is 19.2 Å². The minimum absolute atomic E-state index is 0.223. The van der Waals surface area contributed by atoms with Gasteiger partial charge in [0.15, 0.2) is 11.4 Å². The number of amides is 1. The molecular formula is C21H15ClN6O2. The van der Waals surface area contributed by atoms with Crippen LogP contribution < -0.4 is 5.32 Å². The molecule has 0 atom stereocenters. The number of pyridine rings is 1. The van der Waals surface area contributed by atoms with Gasteiger partial charge in [0.1, 0.15) is 5.82 Å². The minimum Gasteiger partial charge on any atom is -0.459 e. The van der Waals surface area contributed by atoms with Crippen LogP contribution in [0.15, 0.2) is 59.5 Å². The first-order valence-electron chi connectivity index (χ1n) is 9.10. The molecule has 1 amide bonds. The van der Waals surface area contributed by atoms with Crippen LogP contribution in [0.1, 0.15) is 16.1 Å². The molecule has 0 spiro atoms. The summed E-state index contributed by atoms with van der Waals surface area (Å²) in [6.07, 6.45) is 5.01. The third kappa shape index (κ3) is 3.23. The Bertz CT molecular complexity index is 1370. The Kier molecular flexibility index (Phi) is 4.33. The second-order valence-corrected chi connectivity index (χ2v) is 7.13. The number of hydrogen-bond acceptors (Lipinski definition) is 5. The van der Waals surface area contributed by atoms with Crippen LogP contribution >= 0.6 is 11.6 Å². The van der Waals surface area contributed by atoms with E-state index in [0.29, 0.717) is 27.7 Å². The summed E-state index contributed by atoms with van der Waals surface area (Å²) in [5.74, 6) is 0.423. The number of rotatable bonds is 4. The maximum Gasteiger partial charge on any atom is 0.291 e. The fourth-order valence-corrected chi connectivity index (χ4v) is 3.39. The van der Waals surface area contributed by atoms with E-state index in [9.17, 15) is 4.79 Å². The molecular weight excluding hydrogens is 404 g/mol. The number of carbonyl (C=O) groups excluding carboxylic acids is 1. The van der Waals surface area contributed by atoms with Crippen LogP contribution in [0.25, 0.3) is 33.8 Å². The molecule has 0 bridgehead atoms. The zero-order valence-corrected chi connectivity index (χ0v) is 16.5. The molecule has 0 saturated carbocycles. The van der Waals surface area contributed by atoms with Crippen LogP contribution in [0, 0.1) is 6.92 Å². The van der Waals surface area contributed by atoms with Gasteiger partial charge >= 0.3 is 0 Å². The Labute approximate surface area is 175 Å². The standard InChI is InChI=1S/C21H15ClN6O2/c1-11-9-24-28-18(11)12-7-16-20(23-10-12)27-19(26-16)14-8-13(4-5-15(14)22)25-21(29)17-3-2-6-30-17/h2-10H,1H3,(H,24,28)(H,25,29)(H,23,26,27). The number of imidazole rings is 1. The van der Waals surface area contributed by atoms with Crippen molar-refractivity contribution in [3.05, 3.63) is 71.4 Å². The number of aromatic amines is 2. The maximum absolute atomic E-state index is 12.2. The molecule has 5 rings (SSSR count). The van der Waals surface area contributed by atoms with Crippen molar-refractivity contribution in [2.45, 2.75) is 6.92 Å². The summed E-state index contributed by atoms with van der Waals surface area (Å²) in [5, 5.41) is 10.4. The zero-order chi connectivity index (χ0) is 20.7. The van der Waals surface area contributed by atoms with Gasteiger partial charge in [-0.1, -0.05) is 11.6 Å². The number of hydrogen-bond donors (Lipinski definition) is 3. The molecule has 30 heavy (non-hydrogen) atoms. The van der Waals surface area contributed by atoms with E-state index in [0.717, 1.165) is 22.3 Å². The molecule has 5 aromatic rings. The van der Waals surface area contributed by atoms with Crippen molar-refractivity contribution in [1.82, 2.24) is 25.1 Å². The summed E-state index contributed by atoms with van der Waals surface area (Å²) >= 11 is 6.40. The van der Waals surface area contributed by atoms with E-state index in [1.165, 1.54) is 6.26 Å². The largest absolute Gasteiger partial charge is 0.459 e. The molecule has 9 heteroatoms. The molecule has 148 valence electrons. The van der Waals surface area contributed by atoms with Crippen LogP contribution in [-0.4, -0.2) is 31.1 Å². The van der Waals surface area contributed by atoms with E-state index in [-0.39, 0.29) is 11.7 Å². The molecule has 3 N–H and O–H groups in total. The van der Waals surface area contributed by atoms with Crippen molar-refractivity contribution < 1.29 is 9.21 Å². The third-order valence-corrected chi connectivity index (χ3v) is 5.00. The molecule has 8 nitrogen and oxygen atoms in total. The number of H-pyrrole nitrogens is 2. The van der Waals surface area contributed by atoms with E-state index >= 15 is 0 Å². The minimum atomic E-state index is -0.349. The number of anilines is 1. The second-order valence-electron chi connectivity index (χ2n) is 6.72. The smallest absolute Gasteiger partial charge is 0.291 e. The summed E-state index contributed by atoms with van der Waals surface area (Å²) in [6, 6.07) is 10.4. The van der Waals surface area contributed by atoms with Gasteiger partial charge in [-0.3, -0.25) is 9.89 Å². The number of aromatic nitrogens is 5. The van der Waals surface area contributed by atoms with Crippen molar-refractivity contribution in [3.8, 4) is 22.6 Å². The SMILES string of the molecule is Cc1c[nH]nc1-c1cnc2nc(-c3cc(NC(=O)c4ccco4)ccc3Cl)[nH]c2c1. The molecule has 4 heterocycles. The Morgan fingerprint density at radius 1 is 1.23 bits per heavy atom. The first-order valence-corrected chi connectivity index (χ1v) is 9.47. The number of furan rings is 1. The van der Waals surface area contributed by atoms with Crippen molar-refractivity contribution in [3.63, 3.8) is 0 Å². The van der Waals surface area contributed by atoms with Crippen LogP contribution in [0.2, 0.25) is 5.02 Å². The number of halogens is 1. The average Bonchev–Trinajstić information content (AvgIpc) is 3.49. The van der Waals surface area contributed by atoms with Crippen molar-refractivity contribution in [1.29, 1.82) is 0 Å². The molecule has 0 aliphatic rings. The summed E-state index contributed by atoms with van der Waals surface area (Å²) in [4.78, 5) is 24.5. The molecule has 0 fully saturated rings. The lowest BCUT2D eigenvalue weighted by atomic mass is 10.1. The molecule has 0 unspecified atom stereocenters. The predicted molar refractivity (Wildman–Crippen MR) is 113 cm³/mol. The van der Waals surface area contributed by atoms with Gasteiger partial charge in [-0.15, -0.1) is 0 Å². The van der Waals surface area contributed by atoms with Crippen LogP contribution in [0.5, 0.6) is 0 Å². The lowest BCUT2D eigenvalue weighted by molar-refractivity contribution is 0.0996. The Morgan fingerprint density at radius 3 is 2.90 bits per heavy atom.